The topological polar surface area (TPSA) is 29.1 Å². The first-order valence-electron chi connectivity index (χ1n) is 7.56. The minimum Gasteiger partial charge on any atom is -0.356 e. The van der Waals surface area contributed by atoms with Crippen LogP contribution in [0.15, 0.2) is 24.3 Å². The van der Waals surface area contributed by atoms with Crippen molar-refractivity contribution >= 4 is 21.8 Å². The van der Waals surface area contributed by atoms with Crippen molar-refractivity contribution in [2.45, 2.75) is 44.4 Å². The fraction of sp³-hybridized carbons (Fsp3) is 0.588. The van der Waals surface area contributed by atoms with Gasteiger partial charge in [-0.15, -0.1) is 0 Å². The van der Waals surface area contributed by atoms with Crippen LogP contribution >= 0.6 is 15.9 Å². The number of aryl methyl sites for hydroxylation is 1. The first kappa shape index (κ1) is 15.6. The Bertz CT molecular complexity index is 458. The average Bonchev–Trinajstić information content (AvgIpc) is 2.44. The number of carbonyl (C=O) groups excluding carboxylic acids is 1. The van der Waals surface area contributed by atoms with E-state index in [2.05, 4.69) is 59.4 Å². The molecule has 0 saturated carbocycles. The summed E-state index contributed by atoms with van der Waals surface area (Å²) in [5.41, 5.74) is 2.86. The molecule has 1 N–H and O–H groups in total. The molecule has 3 heteroatoms. The summed E-state index contributed by atoms with van der Waals surface area (Å²) in [7, 11) is 0. The van der Waals surface area contributed by atoms with Gasteiger partial charge in [-0.1, -0.05) is 54.0 Å². The van der Waals surface area contributed by atoms with Crippen molar-refractivity contribution in [1.82, 2.24) is 5.32 Å². The SMILES string of the molecule is CC(C)CNC(=O)CCC1CCc2ccccc2C1Br. The molecule has 2 atom stereocenters. The molecule has 0 saturated heterocycles. The Labute approximate surface area is 130 Å². The lowest BCUT2D eigenvalue weighted by Gasteiger charge is -2.29. The number of fused-ring (bicyclic) bond motifs is 1. The third-order valence-corrected chi connectivity index (χ3v) is 5.24. The van der Waals surface area contributed by atoms with E-state index < -0.39 is 0 Å². The minimum absolute atomic E-state index is 0.192. The average molecular weight is 338 g/mol. The van der Waals surface area contributed by atoms with Crippen molar-refractivity contribution in [2.75, 3.05) is 6.54 Å². The molecule has 0 spiro atoms. The Hall–Kier alpha value is -0.830. The predicted octanol–water partition coefficient (Wildman–Crippen LogP) is 4.24. The van der Waals surface area contributed by atoms with Gasteiger partial charge in [0.2, 0.25) is 5.91 Å². The molecular weight excluding hydrogens is 314 g/mol. The lowest BCUT2D eigenvalue weighted by molar-refractivity contribution is -0.121. The number of benzene rings is 1. The maximum absolute atomic E-state index is 11.8. The van der Waals surface area contributed by atoms with Crippen molar-refractivity contribution in [3.8, 4) is 0 Å². The molecule has 0 radical (unpaired) electrons. The van der Waals surface area contributed by atoms with E-state index in [-0.39, 0.29) is 5.91 Å². The third-order valence-electron chi connectivity index (χ3n) is 4.00. The smallest absolute Gasteiger partial charge is 0.220 e. The largest absolute Gasteiger partial charge is 0.356 e. The second-order valence-electron chi connectivity index (χ2n) is 6.14. The van der Waals surface area contributed by atoms with Crippen molar-refractivity contribution in [3.63, 3.8) is 0 Å². The molecule has 110 valence electrons. The van der Waals surface area contributed by atoms with Gasteiger partial charge in [-0.2, -0.15) is 0 Å². The maximum atomic E-state index is 11.8. The second kappa shape index (κ2) is 7.26. The highest BCUT2D eigenvalue weighted by atomic mass is 79.9. The van der Waals surface area contributed by atoms with E-state index in [1.165, 1.54) is 17.5 Å². The Morgan fingerprint density at radius 3 is 2.90 bits per heavy atom. The van der Waals surface area contributed by atoms with Crippen molar-refractivity contribution in [2.24, 2.45) is 11.8 Å². The number of nitrogens with one attached hydrogen (secondary N) is 1. The standard InChI is InChI=1S/C17H24BrNO/c1-12(2)11-19-16(20)10-9-14-8-7-13-5-3-4-6-15(13)17(14)18/h3-6,12,14,17H,7-11H2,1-2H3,(H,19,20). The van der Waals surface area contributed by atoms with E-state index in [0.29, 0.717) is 23.1 Å². The van der Waals surface area contributed by atoms with Crippen LogP contribution in [0.25, 0.3) is 0 Å². The highest BCUT2D eigenvalue weighted by Crippen LogP contribution is 2.42. The zero-order valence-corrected chi connectivity index (χ0v) is 13.9. The number of amides is 1. The van der Waals surface area contributed by atoms with E-state index in [9.17, 15) is 4.79 Å². The summed E-state index contributed by atoms with van der Waals surface area (Å²) < 4.78 is 0. The first-order valence-corrected chi connectivity index (χ1v) is 8.48. The summed E-state index contributed by atoms with van der Waals surface area (Å²) in [6.45, 7) is 5.02. The molecule has 0 aliphatic heterocycles. The zero-order chi connectivity index (χ0) is 14.5. The molecule has 0 heterocycles. The van der Waals surface area contributed by atoms with Crippen molar-refractivity contribution < 1.29 is 4.79 Å². The summed E-state index contributed by atoms with van der Waals surface area (Å²) in [6.07, 6.45) is 3.91. The molecule has 1 amide bonds. The Kier molecular flexibility index (Phi) is 5.64. The van der Waals surface area contributed by atoms with Crippen LogP contribution in [-0.2, 0) is 11.2 Å². The second-order valence-corrected chi connectivity index (χ2v) is 7.12. The van der Waals surface area contributed by atoms with Gasteiger partial charge in [0.15, 0.2) is 0 Å². The Balaban J connectivity index is 1.85. The number of rotatable bonds is 5. The molecule has 0 fully saturated rings. The van der Waals surface area contributed by atoms with E-state index in [1.807, 2.05) is 0 Å². The van der Waals surface area contributed by atoms with Crippen molar-refractivity contribution in [3.05, 3.63) is 35.4 Å². The van der Waals surface area contributed by atoms with Gasteiger partial charge in [-0.05, 0) is 42.2 Å². The van der Waals surface area contributed by atoms with E-state index >= 15 is 0 Å². The van der Waals surface area contributed by atoms with Gasteiger partial charge in [0.25, 0.3) is 0 Å². The van der Waals surface area contributed by atoms with Crippen LogP contribution in [0.1, 0.15) is 49.1 Å². The number of hydrogen-bond donors (Lipinski definition) is 1. The number of halogens is 1. The molecule has 1 aromatic rings. The van der Waals surface area contributed by atoms with Gasteiger partial charge in [-0.3, -0.25) is 4.79 Å². The maximum Gasteiger partial charge on any atom is 0.220 e. The van der Waals surface area contributed by atoms with Gasteiger partial charge >= 0.3 is 0 Å². The van der Waals surface area contributed by atoms with Crippen LogP contribution in [-0.4, -0.2) is 12.5 Å². The Morgan fingerprint density at radius 1 is 1.40 bits per heavy atom. The molecule has 2 unspecified atom stereocenters. The molecule has 1 aromatic carbocycles. The number of alkyl halides is 1. The van der Waals surface area contributed by atoms with E-state index in [4.69, 9.17) is 0 Å². The van der Waals surface area contributed by atoms with Crippen LogP contribution in [0.3, 0.4) is 0 Å². The van der Waals surface area contributed by atoms with Crippen LogP contribution in [0.4, 0.5) is 0 Å². The predicted molar refractivity (Wildman–Crippen MR) is 87.0 cm³/mol. The monoisotopic (exact) mass is 337 g/mol. The Morgan fingerprint density at radius 2 is 2.15 bits per heavy atom. The summed E-state index contributed by atoms with van der Waals surface area (Å²) in [6, 6.07) is 8.64. The third kappa shape index (κ3) is 4.08. The summed E-state index contributed by atoms with van der Waals surface area (Å²) in [5, 5.41) is 3.00. The van der Waals surface area contributed by atoms with E-state index in [0.717, 1.165) is 19.4 Å². The fourth-order valence-electron chi connectivity index (χ4n) is 2.79. The van der Waals surface area contributed by atoms with Gasteiger partial charge in [0.1, 0.15) is 0 Å². The van der Waals surface area contributed by atoms with Gasteiger partial charge in [0, 0.05) is 17.8 Å². The van der Waals surface area contributed by atoms with Crippen LogP contribution in [0.5, 0.6) is 0 Å². The van der Waals surface area contributed by atoms with Gasteiger partial charge in [-0.25, -0.2) is 0 Å². The lowest BCUT2D eigenvalue weighted by atomic mass is 9.81. The quantitative estimate of drug-likeness (QED) is 0.800. The molecular formula is C17H24BrNO. The molecule has 20 heavy (non-hydrogen) atoms. The number of hydrogen-bond acceptors (Lipinski definition) is 1. The van der Waals surface area contributed by atoms with Crippen LogP contribution in [0, 0.1) is 11.8 Å². The molecule has 1 aliphatic rings. The van der Waals surface area contributed by atoms with E-state index in [1.54, 1.807) is 0 Å². The highest BCUT2D eigenvalue weighted by molar-refractivity contribution is 9.09. The minimum atomic E-state index is 0.192. The molecule has 2 rings (SSSR count). The normalized spacial score (nSPS) is 21.6. The first-order chi connectivity index (χ1) is 9.58. The van der Waals surface area contributed by atoms with Gasteiger partial charge < -0.3 is 5.32 Å². The molecule has 0 aromatic heterocycles. The van der Waals surface area contributed by atoms with Crippen molar-refractivity contribution in [1.29, 1.82) is 0 Å². The van der Waals surface area contributed by atoms with Crippen LogP contribution in [0.2, 0.25) is 0 Å². The lowest BCUT2D eigenvalue weighted by Crippen LogP contribution is -2.28. The highest BCUT2D eigenvalue weighted by Gasteiger charge is 2.27. The molecule has 0 bridgehead atoms. The van der Waals surface area contributed by atoms with Crippen LogP contribution < -0.4 is 5.32 Å². The number of carbonyl (C=O) groups is 1. The van der Waals surface area contributed by atoms with Gasteiger partial charge in [0.05, 0.1) is 0 Å². The zero-order valence-electron chi connectivity index (χ0n) is 12.4. The summed E-state index contributed by atoms with van der Waals surface area (Å²) in [4.78, 5) is 12.2. The fourth-order valence-corrected chi connectivity index (χ4v) is 3.76. The summed E-state index contributed by atoms with van der Waals surface area (Å²) in [5.74, 6) is 1.27. The summed E-state index contributed by atoms with van der Waals surface area (Å²) >= 11 is 3.83. The molecule has 1 aliphatic carbocycles. The molecule has 2 nitrogen and oxygen atoms in total.